The molecule has 1 aromatic rings. The van der Waals surface area contributed by atoms with Crippen LogP contribution in [-0.2, 0) is 11.2 Å². The predicted octanol–water partition coefficient (Wildman–Crippen LogP) is 0.320. The van der Waals surface area contributed by atoms with E-state index in [4.69, 9.17) is 11.5 Å². The van der Waals surface area contributed by atoms with E-state index < -0.39 is 23.6 Å². The number of carbonyl (C=O) groups excluding carboxylic acids is 1. The van der Waals surface area contributed by atoms with E-state index >= 15 is 0 Å². The number of nitrogens with two attached hydrogens (primary N) is 2. The van der Waals surface area contributed by atoms with Gasteiger partial charge in [-0.3, -0.25) is 4.79 Å². The largest absolute Gasteiger partial charge is 0.368 e. The summed E-state index contributed by atoms with van der Waals surface area (Å²) in [6.07, 6.45) is -0.0263. The third kappa shape index (κ3) is 2.50. The number of halogens is 2. The maximum absolute atomic E-state index is 13.0. The van der Waals surface area contributed by atoms with Gasteiger partial charge in [-0.15, -0.1) is 0 Å². The lowest BCUT2D eigenvalue weighted by Crippen LogP contribution is -2.38. The summed E-state index contributed by atoms with van der Waals surface area (Å²) in [5, 5.41) is 0. The molecule has 0 aliphatic heterocycles. The van der Waals surface area contributed by atoms with Gasteiger partial charge in [-0.1, -0.05) is 6.07 Å². The standard InChI is InChI=1S/C9H10F2N2O/c10-6-2-1-5(7(11)4-6)3-8(12)9(13)14/h1-2,4,8H,3,12H2,(H2,13,14). The Kier molecular flexibility index (Phi) is 3.14. The zero-order chi connectivity index (χ0) is 10.7. The maximum Gasteiger partial charge on any atom is 0.234 e. The molecular formula is C9H10F2N2O. The summed E-state index contributed by atoms with van der Waals surface area (Å²) >= 11 is 0. The molecule has 0 saturated heterocycles. The van der Waals surface area contributed by atoms with Gasteiger partial charge in [0.15, 0.2) is 0 Å². The second-order valence-electron chi connectivity index (χ2n) is 2.95. The average molecular weight is 200 g/mol. The smallest absolute Gasteiger partial charge is 0.234 e. The van der Waals surface area contributed by atoms with Gasteiger partial charge in [0.2, 0.25) is 5.91 Å². The number of amides is 1. The molecule has 1 amide bonds. The molecule has 4 N–H and O–H groups in total. The Bertz CT molecular complexity index is 355. The first kappa shape index (κ1) is 10.6. The summed E-state index contributed by atoms with van der Waals surface area (Å²) in [5.41, 5.74) is 10.4. The molecule has 1 rings (SSSR count). The van der Waals surface area contributed by atoms with Crippen molar-refractivity contribution in [3.63, 3.8) is 0 Å². The summed E-state index contributed by atoms with van der Waals surface area (Å²) in [5.74, 6) is -2.10. The second kappa shape index (κ2) is 4.15. The van der Waals surface area contributed by atoms with E-state index in [1.165, 1.54) is 6.07 Å². The van der Waals surface area contributed by atoms with Crippen LogP contribution in [-0.4, -0.2) is 11.9 Å². The van der Waals surface area contributed by atoms with Crippen molar-refractivity contribution in [2.45, 2.75) is 12.5 Å². The number of benzene rings is 1. The summed E-state index contributed by atoms with van der Waals surface area (Å²) in [6.45, 7) is 0. The van der Waals surface area contributed by atoms with Crippen molar-refractivity contribution < 1.29 is 13.6 Å². The molecule has 0 radical (unpaired) electrons. The maximum atomic E-state index is 13.0. The van der Waals surface area contributed by atoms with E-state index in [-0.39, 0.29) is 12.0 Å². The highest BCUT2D eigenvalue weighted by molar-refractivity contribution is 5.79. The van der Waals surface area contributed by atoms with E-state index in [0.717, 1.165) is 12.1 Å². The highest BCUT2D eigenvalue weighted by Crippen LogP contribution is 2.10. The second-order valence-corrected chi connectivity index (χ2v) is 2.95. The van der Waals surface area contributed by atoms with Crippen LogP contribution in [0.4, 0.5) is 8.78 Å². The topological polar surface area (TPSA) is 69.1 Å². The van der Waals surface area contributed by atoms with Crippen molar-refractivity contribution in [3.05, 3.63) is 35.4 Å². The van der Waals surface area contributed by atoms with Gasteiger partial charge in [-0.05, 0) is 18.1 Å². The first-order chi connectivity index (χ1) is 6.50. The Balaban J connectivity index is 2.82. The van der Waals surface area contributed by atoms with Gasteiger partial charge in [0.25, 0.3) is 0 Å². The van der Waals surface area contributed by atoms with Crippen LogP contribution in [0, 0.1) is 11.6 Å². The van der Waals surface area contributed by atoms with Gasteiger partial charge in [0.1, 0.15) is 11.6 Å². The van der Waals surface area contributed by atoms with Crippen LogP contribution in [0.25, 0.3) is 0 Å². The van der Waals surface area contributed by atoms with E-state index in [0.29, 0.717) is 0 Å². The number of primary amides is 1. The Morgan fingerprint density at radius 1 is 1.43 bits per heavy atom. The normalized spacial score (nSPS) is 12.5. The molecule has 0 heterocycles. The number of rotatable bonds is 3. The Morgan fingerprint density at radius 2 is 2.07 bits per heavy atom. The molecule has 76 valence electrons. The fourth-order valence-electron chi connectivity index (χ4n) is 1.02. The fraction of sp³-hybridized carbons (Fsp3) is 0.222. The Hall–Kier alpha value is -1.49. The van der Waals surface area contributed by atoms with Gasteiger partial charge in [-0.25, -0.2) is 8.78 Å². The van der Waals surface area contributed by atoms with Crippen molar-refractivity contribution in [1.82, 2.24) is 0 Å². The zero-order valence-electron chi connectivity index (χ0n) is 7.34. The summed E-state index contributed by atoms with van der Waals surface area (Å²) in [7, 11) is 0. The molecule has 0 aliphatic carbocycles. The SMILES string of the molecule is NC(=O)C(N)Cc1ccc(F)cc1F. The lowest BCUT2D eigenvalue weighted by molar-refractivity contribution is -0.119. The Morgan fingerprint density at radius 3 is 2.57 bits per heavy atom. The summed E-state index contributed by atoms with van der Waals surface area (Å²) in [4.78, 5) is 10.6. The third-order valence-corrected chi connectivity index (χ3v) is 1.82. The number of hydrogen-bond acceptors (Lipinski definition) is 2. The van der Waals surface area contributed by atoms with Gasteiger partial charge < -0.3 is 11.5 Å². The van der Waals surface area contributed by atoms with Crippen molar-refractivity contribution in [3.8, 4) is 0 Å². The lowest BCUT2D eigenvalue weighted by atomic mass is 10.1. The summed E-state index contributed by atoms with van der Waals surface area (Å²) < 4.78 is 25.5. The van der Waals surface area contributed by atoms with E-state index in [1.54, 1.807) is 0 Å². The van der Waals surface area contributed by atoms with Crippen LogP contribution >= 0.6 is 0 Å². The molecule has 0 aliphatic rings. The molecule has 5 heteroatoms. The van der Waals surface area contributed by atoms with Gasteiger partial charge in [-0.2, -0.15) is 0 Å². The highest BCUT2D eigenvalue weighted by atomic mass is 19.1. The minimum absolute atomic E-state index is 0.0263. The van der Waals surface area contributed by atoms with Crippen LogP contribution in [0.15, 0.2) is 18.2 Å². The van der Waals surface area contributed by atoms with Gasteiger partial charge in [0.05, 0.1) is 6.04 Å². The molecular weight excluding hydrogens is 190 g/mol. The first-order valence-electron chi connectivity index (χ1n) is 3.99. The lowest BCUT2D eigenvalue weighted by Gasteiger charge is -2.07. The van der Waals surface area contributed by atoms with Crippen molar-refractivity contribution in [1.29, 1.82) is 0 Å². The van der Waals surface area contributed by atoms with Crippen molar-refractivity contribution >= 4 is 5.91 Å². The van der Waals surface area contributed by atoms with E-state index in [1.807, 2.05) is 0 Å². The van der Waals surface area contributed by atoms with Gasteiger partial charge in [0, 0.05) is 6.07 Å². The van der Waals surface area contributed by atoms with Crippen LogP contribution in [0.1, 0.15) is 5.56 Å². The monoisotopic (exact) mass is 200 g/mol. The van der Waals surface area contributed by atoms with Crippen LogP contribution in [0.2, 0.25) is 0 Å². The van der Waals surface area contributed by atoms with E-state index in [9.17, 15) is 13.6 Å². The van der Waals surface area contributed by atoms with E-state index in [2.05, 4.69) is 0 Å². The number of carbonyl (C=O) groups is 1. The quantitative estimate of drug-likeness (QED) is 0.737. The Labute approximate surface area is 79.7 Å². The zero-order valence-corrected chi connectivity index (χ0v) is 7.34. The minimum Gasteiger partial charge on any atom is -0.368 e. The molecule has 14 heavy (non-hydrogen) atoms. The molecule has 1 unspecified atom stereocenters. The first-order valence-corrected chi connectivity index (χ1v) is 3.99. The molecule has 0 aromatic heterocycles. The van der Waals surface area contributed by atoms with Crippen molar-refractivity contribution in [2.75, 3.05) is 0 Å². The molecule has 0 bridgehead atoms. The molecule has 1 atom stereocenters. The average Bonchev–Trinajstić information content (AvgIpc) is 2.09. The van der Waals surface area contributed by atoms with Crippen molar-refractivity contribution in [2.24, 2.45) is 11.5 Å². The molecule has 3 nitrogen and oxygen atoms in total. The fourth-order valence-corrected chi connectivity index (χ4v) is 1.02. The number of hydrogen-bond donors (Lipinski definition) is 2. The molecule has 1 aromatic carbocycles. The highest BCUT2D eigenvalue weighted by Gasteiger charge is 2.13. The molecule has 0 saturated carbocycles. The predicted molar refractivity (Wildman–Crippen MR) is 47.2 cm³/mol. The summed E-state index contributed by atoms with van der Waals surface area (Å²) in [6, 6.07) is 2.14. The molecule has 0 spiro atoms. The third-order valence-electron chi connectivity index (χ3n) is 1.82. The van der Waals surface area contributed by atoms with Crippen LogP contribution in [0.5, 0.6) is 0 Å². The molecule has 0 fully saturated rings. The van der Waals surface area contributed by atoms with Crippen LogP contribution < -0.4 is 11.5 Å². The minimum atomic E-state index is -0.949. The van der Waals surface area contributed by atoms with Gasteiger partial charge >= 0.3 is 0 Å². The van der Waals surface area contributed by atoms with Crippen LogP contribution in [0.3, 0.4) is 0 Å².